The lowest BCUT2D eigenvalue weighted by molar-refractivity contribution is 0.454. The zero-order chi connectivity index (χ0) is 11.7. The molecule has 0 saturated carbocycles. The van der Waals surface area contributed by atoms with Crippen molar-refractivity contribution >= 4 is 33.5 Å². The quantitative estimate of drug-likeness (QED) is 0.807. The molecule has 1 fully saturated rings. The highest BCUT2D eigenvalue weighted by Crippen LogP contribution is 2.25. The van der Waals surface area contributed by atoms with Crippen LogP contribution in [0.4, 0.5) is 0 Å². The van der Waals surface area contributed by atoms with E-state index in [1.807, 2.05) is 0 Å². The molecule has 3 heteroatoms. The van der Waals surface area contributed by atoms with Gasteiger partial charge in [0.1, 0.15) is 0 Å². The number of halogens is 1. The van der Waals surface area contributed by atoms with Gasteiger partial charge < -0.3 is 5.32 Å². The van der Waals surface area contributed by atoms with Crippen molar-refractivity contribution in [3.05, 3.63) is 39.6 Å². The molecule has 1 saturated heterocycles. The molecule has 1 aliphatic rings. The van der Waals surface area contributed by atoms with Gasteiger partial charge in [-0.2, -0.15) is 0 Å². The normalized spacial score (nSPS) is 17.5. The van der Waals surface area contributed by atoms with Crippen LogP contribution < -0.4 is 5.32 Å². The topological polar surface area (TPSA) is 24.9 Å². The summed E-state index contributed by atoms with van der Waals surface area (Å²) in [4.78, 5) is 4.83. The summed E-state index contributed by atoms with van der Waals surface area (Å²) in [5.41, 5.74) is 2.40. The molecule has 0 aliphatic carbocycles. The van der Waals surface area contributed by atoms with E-state index < -0.39 is 0 Å². The summed E-state index contributed by atoms with van der Waals surface area (Å²) in [6.07, 6.45) is 2.42. The summed E-state index contributed by atoms with van der Waals surface area (Å²) in [7, 11) is 0. The number of aromatic nitrogens is 1. The van der Waals surface area contributed by atoms with Crippen LogP contribution in [0.25, 0.3) is 10.9 Å². The number of fused-ring (bicyclic) bond motifs is 1. The molecule has 0 atom stereocenters. The number of benzene rings is 1. The van der Waals surface area contributed by atoms with Gasteiger partial charge in [-0.25, -0.2) is 0 Å². The minimum Gasteiger partial charge on any atom is -0.317 e. The van der Waals surface area contributed by atoms with E-state index in [4.69, 9.17) is 4.98 Å². The first kappa shape index (κ1) is 11.4. The van der Waals surface area contributed by atoms with Crippen LogP contribution in [0.3, 0.4) is 0 Å². The van der Waals surface area contributed by atoms with E-state index in [9.17, 15) is 0 Å². The molecule has 1 aromatic carbocycles. The molecule has 0 unspecified atom stereocenters. The van der Waals surface area contributed by atoms with Crippen molar-refractivity contribution in [2.75, 3.05) is 13.1 Å². The van der Waals surface area contributed by atoms with Crippen LogP contribution in [-0.2, 0) is 0 Å². The fourth-order valence-corrected chi connectivity index (χ4v) is 2.93. The van der Waals surface area contributed by atoms with Gasteiger partial charge >= 0.3 is 0 Å². The smallest absolute Gasteiger partial charge is 0.0715 e. The van der Waals surface area contributed by atoms with Crippen LogP contribution in [0.1, 0.15) is 24.5 Å². The summed E-state index contributed by atoms with van der Waals surface area (Å²) in [6.45, 7) is 2.24. The second kappa shape index (κ2) is 4.90. The van der Waals surface area contributed by atoms with Gasteiger partial charge in [0.05, 0.1) is 5.52 Å². The van der Waals surface area contributed by atoms with Gasteiger partial charge in [-0.05, 0) is 66.7 Å². The van der Waals surface area contributed by atoms with Gasteiger partial charge in [-0.1, -0.05) is 12.1 Å². The molecule has 3 rings (SSSR count). The predicted octanol–water partition coefficient (Wildman–Crippen LogP) is 3.31. The summed E-state index contributed by atoms with van der Waals surface area (Å²) >= 11 is 2.34. The first-order valence-corrected chi connectivity index (χ1v) is 7.18. The molecule has 2 aromatic rings. The van der Waals surface area contributed by atoms with Crippen LogP contribution in [0.5, 0.6) is 0 Å². The van der Waals surface area contributed by atoms with Crippen molar-refractivity contribution in [3.8, 4) is 0 Å². The van der Waals surface area contributed by atoms with E-state index in [1.165, 1.54) is 27.5 Å². The molecule has 2 heterocycles. The SMILES string of the molecule is Ic1ccc2ccc(C3CCNCC3)nc2c1. The van der Waals surface area contributed by atoms with Crippen LogP contribution in [0.2, 0.25) is 0 Å². The standard InChI is InChI=1S/C14H15IN2/c15-12-3-1-10-2-4-13(17-14(10)9-12)11-5-7-16-8-6-11/h1-4,9,11,16H,5-8H2. The first-order valence-electron chi connectivity index (χ1n) is 6.10. The Labute approximate surface area is 115 Å². The molecule has 0 radical (unpaired) electrons. The second-order valence-electron chi connectivity index (χ2n) is 4.60. The predicted molar refractivity (Wildman–Crippen MR) is 79.3 cm³/mol. The molecule has 17 heavy (non-hydrogen) atoms. The van der Waals surface area contributed by atoms with Crippen molar-refractivity contribution in [1.29, 1.82) is 0 Å². The average molecular weight is 338 g/mol. The van der Waals surface area contributed by atoms with Crippen molar-refractivity contribution in [2.24, 2.45) is 0 Å². The van der Waals surface area contributed by atoms with Crippen molar-refractivity contribution < 1.29 is 0 Å². The van der Waals surface area contributed by atoms with E-state index in [1.54, 1.807) is 0 Å². The number of nitrogens with zero attached hydrogens (tertiary/aromatic N) is 1. The minimum atomic E-state index is 0.638. The number of pyridine rings is 1. The van der Waals surface area contributed by atoms with E-state index in [0.717, 1.165) is 18.6 Å². The number of piperidine rings is 1. The number of nitrogens with one attached hydrogen (secondary N) is 1. The van der Waals surface area contributed by atoms with Gasteiger partial charge in [0.15, 0.2) is 0 Å². The fraction of sp³-hybridized carbons (Fsp3) is 0.357. The van der Waals surface area contributed by atoms with Gasteiger partial charge in [0.25, 0.3) is 0 Å². The molecule has 1 N–H and O–H groups in total. The number of hydrogen-bond donors (Lipinski definition) is 1. The van der Waals surface area contributed by atoms with Crippen molar-refractivity contribution in [3.63, 3.8) is 0 Å². The second-order valence-corrected chi connectivity index (χ2v) is 5.84. The molecule has 0 spiro atoms. The van der Waals surface area contributed by atoms with Gasteiger partial charge in [-0.15, -0.1) is 0 Å². The highest BCUT2D eigenvalue weighted by molar-refractivity contribution is 14.1. The molecule has 0 bridgehead atoms. The number of hydrogen-bond acceptors (Lipinski definition) is 2. The van der Waals surface area contributed by atoms with Crippen LogP contribution in [0, 0.1) is 3.57 Å². The fourth-order valence-electron chi connectivity index (χ4n) is 2.45. The summed E-state index contributed by atoms with van der Waals surface area (Å²) < 4.78 is 1.25. The molecule has 88 valence electrons. The summed E-state index contributed by atoms with van der Waals surface area (Å²) in [5.74, 6) is 0.638. The van der Waals surface area contributed by atoms with Gasteiger partial charge in [-0.3, -0.25) is 4.98 Å². The molecule has 1 aliphatic heterocycles. The Kier molecular flexibility index (Phi) is 3.29. The zero-order valence-corrected chi connectivity index (χ0v) is 11.8. The highest BCUT2D eigenvalue weighted by Gasteiger charge is 2.16. The lowest BCUT2D eigenvalue weighted by atomic mass is 9.94. The molecule has 0 amide bonds. The third kappa shape index (κ3) is 2.45. The Bertz CT molecular complexity index is 533. The Balaban J connectivity index is 1.99. The zero-order valence-electron chi connectivity index (χ0n) is 9.62. The molecule has 2 nitrogen and oxygen atoms in total. The van der Waals surface area contributed by atoms with E-state index >= 15 is 0 Å². The minimum absolute atomic E-state index is 0.638. The molecular weight excluding hydrogens is 323 g/mol. The largest absolute Gasteiger partial charge is 0.317 e. The number of rotatable bonds is 1. The third-order valence-electron chi connectivity index (χ3n) is 3.43. The Morgan fingerprint density at radius 2 is 1.88 bits per heavy atom. The first-order chi connectivity index (χ1) is 8.33. The molecular formula is C14H15IN2. The maximum Gasteiger partial charge on any atom is 0.0715 e. The van der Waals surface area contributed by atoms with Gasteiger partial charge in [0, 0.05) is 20.6 Å². The third-order valence-corrected chi connectivity index (χ3v) is 4.10. The lowest BCUT2D eigenvalue weighted by Crippen LogP contribution is -2.27. The van der Waals surface area contributed by atoms with Crippen LogP contribution in [-0.4, -0.2) is 18.1 Å². The Morgan fingerprint density at radius 1 is 1.12 bits per heavy atom. The van der Waals surface area contributed by atoms with Gasteiger partial charge in [0.2, 0.25) is 0 Å². The molecule has 1 aromatic heterocycles. The lowest BCUT2D eigenvalue weighted by Gasteiger charge is -2.22. The highest BCUT2D eigenvalue weighted by atomic mass is 127. The maximum absolute atomic E-state index is 4.83. The van der Waals surface area contributed by atoms with Crippen molar-refractivity contribution in [1.82, 2.24) is 10.3 Å². The summed E-state index contributed by atoms with van der Waals surface area (Å²) in [5, 5.41) is 4.64. The maximum atomic E-state index is 4.83. The van der Waals surface area contributed by atoms with Crippen LogP contribution >= 0.6 is 22.6 Å². The summed E-state index contributed by atoms with van der Waals surface area (Å²) in [6, 6.07) is 10.9. The monoisotopic (exact) mass is 338 g/mol. The van der Waals surface area contributed by atoms with E-state index in [2.05, 4.69) is 58.2 Å². The Hall–Kier alpha value is -0.680. The average Bonchev–Trinajstić information content (AvgIpc) is 2.39. The van der Waals surface area contributed by atoms with Crippen LogP contribution in [0.15, 0.2) is 30.3 Å². The van der Waals surface area contributed by atoms with E-state index in [-0.39, 0.29) is 0 Å². The van der Waals surface area contributed by atoms with E-state index in [0.29, 0.717) is 5.92 Å². The Morgan fingerprint density at radius 3 is 2.71 bits per heavy atom. The van der Waals surface area contributed by atoms with Crippen molar-refractivity contribution in [2.45, 2.75) is 18.8 Å².